The minimum atomic E-state index is -0.309. The van der Waals surface area contributed by atoms with Crippen molar-refractivity contribution < 1.29 is 9.59 Å². The van der Waals surface area contributed by atoms with Gasteiger partial charge in [-0.25, -0.2) is 0 Å². The fourth-order valence-electron chi connectivity index (χ4n) is 5.44. The Morgan fingerprint density at radius 3 is 2.85 bits per heavy atom. The molecule has 0 aromatic heterocycles. The van der Waals surface area contributed by atoms with Gasteiger partial charge in [0.1, 0.15) is 11.6 Å². The SMILES string of the molecule is CC(=O)CCC1C(=O)CCC2C3CCCC3CCC12N. The van der Waals surface area contributed by atoms with E-state index in [1.165, 1.54) is 25.7 Å². The molecule has 3 heteroatoms. The second-order valence-electron chi connectivity index (χ2n) is 7.41. The van der Waals surface area contributed by atoms with Crippen molar-refractivity contribution in [3.05, 3.63) is 0 Å². The highest BCUT2D eigenvalue weighted by atomic mass is 16.1. The van der Waals surface area contributed by atoms with Crippen molar-refractivity contribution in [3.63, 3.8) is 0 Å². The first-order valence-corrected chi connectivity index (χ1v) is 8.33. The number of rotatable bonds is 3. The van der Waals surface area contributed by atoms with E-state index in [-0.39, 0.29) is 17.2 Å². The van der Waals surface area contributed by atoms with Gasteiger partial charge in [0.25, 0.3) is 0 Å². The smallest absolute Gasteiger partial charge is 0.137 e. The first-order valence-electron chi connectivity index (χ1n) is 8.33. The van der Waals surface area contributed by atoms with Crippen molar-refractivity contribution >= 4 is 11.6 Å². The van der Waals surface area contributed by atoms with Crippen LogP contribution in [0.5, 0.6) is 0 Å². The van der Waals surface area contributed by atoms with Crippen LogP contribution in [0.4, 0.5) is 0 Å². The Hall–Kier alpha value is -0.700. The normalized spacial score (nSPS) is 44.0. The van der Waals surface area contributed by atoms with Crippen molar-refractivity contribution in [1.82, 2.24) is 0 Å². The maximum Gasteiger partial charge on any atom is 0.137 e. The van der Waals surface area contributed by atoms with Crippen LogP contribution in [-0.2, 0) is 9.59 Å². The molecule has 3 nitrogen and oxygen atoms in total. The van der Waals surface area contributed by atoms with Crippen LogP contribution >= 0.6 is 0 Å². The first kappa shape index (κ1) is 14.2. The Bertz CT molecular complexity index is 419. The van der Waals surface area contributed by atoms with E-state index in [0.717, 1.165) is 24.7 Å². The van der Waals surface area contributed by atoms with Crippen molar-refractivity contribution in [3.8, 4) is 0 Å². The summed E-state index contributed by atoms with van der Waals surface area (Å²) in [6.45, 7) is 1.61. The summed E-state index contributed by atoms with van der Waals surface area (Å²) in [6, 6.07) is 0. The van der Waals surface area contributed by atoms with Gasteiger partial charge in [-0.2, -0.15) is 0 Å². The summed E-state index contributed by atoms with van der Waals surface area (Å²) in [5.74, 6) is 2.57. The van der Waals surface area contributed by atoms with Crippen LogP contribution in [0.2, 0.25) is 0 Å². The molecule has 3 aliphatic rings. The third kappa shape index (κ3) is 2.24. The average molecular weight is 277 g/mol. The van der Waals surface area contributed by atoms with E-state index in [2.05, 4.69) is 0 Å². The summed E-state index contributed by atoms with van der Waals surface area (Å²) in [6.07, 6.45) is 9.07. The summed E-state index contributed by atoms with van der Waals surface area (Å²) in [4.78, 5) is 23.7. The molecule has 0 aliphatic heterocycles. The fraction of sp³-hybridized carbons (Fsp3) is 0.882. The van der Waals surface area contributed by atoms with Gasteiger partial charge in [0, 0.05) is 24.3 Å². The Labute approximate surface area is 121 Å². The topological polar surface area (TPSA) is 60.2 Å². The van der Waals surface area contributed by atoms with E-state index in [1.807, 2.05) is 0 Å². The summed E-state index contributed by atoms with van der Waals surface area (Å²) in [5.41, 5.74) is 6.50. The van der Waals surface area contributed by atoms with Crippen LogP contribution in [-0.4, -0.2) is 17.1 Å². The van der Waals surface area contributed by atoms with Gasteiger partial charge in [-0.05, 0) is 56.8 Å². The van der Waals surface area contributed by atoms with Crippen molar-refractivity contribution in [1.29, 1.82) is 0 Å². The van der Waals surface area contributed by atoms with Crippen molar-refractivity contribution in [2.75, 3.05) is 0 Å². The summed E-state index contributed by atoms with van der Waals surface area (Å²) >= 11 is 0. The number of hydrogen-bond donors (Lipinski definition) is 1. The third-order valence-electron chi connectivity index (χ3n) is 6.40. The van der Waals surface area contributed by atoms with E-state index in [9.17, 15) is 9.59 Å². The standard InChI is InChI=1S/C17H27NO2/c1-11(19)5-6-15-16(20)8-7-14-13-4-2-3-12(13)9-10-17(14,15)18/h12-15H,2-10,18H2,1H3. The quantitative estimate of drug-likeness (QED) is 0.863. The third-order valence-corrected chi connectivity index (χ3v) is 6.40. The first-order chi connectivity index (χ1) is 9.52. The lowest BCUT2D eigenvalue weighted by atomic mass is 9.54. The van der Waals surface area contributed by atoms with E-state index < -0.39 is 0 Å². The van der Waals surface area contributed by atoms with Crippen LogP contribution < -0.4 is 5.73 Å². The summed E-state index contributed by atoms with van der Waals surface area (Å²) < 4.78 is 0. The molecule has 3 aliphatic carbocycles. The number of ketones is 2. The van der Waals surface area contributed by atoms with E-state index in [0.29, 0.717) is 31.0 Å². The monoisotopic (exact) mass is 277 g/mol. The molecule has 0 amide bonds. The molecular formula is C17H27NO2. The molecule has 0 spiro atoms. The number of carbonyl (C=O) groups is 2. The van der Waals surface area contributed by atoms with Crippen LogP contribution in [0.1, 0.15) is 64.7 Å². The van der Waals surface area contributed by atoms with Crippen molar-refractivity contribution in [2.24, 2.45) is 29.4 Å². The highest BCUT2D eigenvalue weighted by Crippen LogP contribution is 2.55. The lowest BCUT2D eigenvalue weighted by Gasteiger charge is -2.53. The van der Waals surface area contributed by atoms with E-state index >= 15 is 0 Å². The molecule has 0 aromatic rings. The number of fused-ring (bicyclic) bond motifs is 3. The number of Topliss-reactive ketones (excluding diaryl/α,β-unsaturated/α-hetero) is 2. The lowest BCUT2D eigenvalue weighted by Crippen LogP contribution is -2.63. The molecule has 0 aromatic carbocycles. The molecule has 112 valence electrons. The van der Waals surface area contributed by atoms with Crippen LogP contribution in [0, 0.1) is 23.7 Å². The summed E-state index contributed by atoms with van der Waals surface area (Å²) in [7, 11) is 0. The molecule has 0 radical (unpaired) electrons. The Morgan fingerprint density at radius 1 is 1.30 bits per heavy atom. The van der Waals surface area contributed by atoms with Gasteiger partial charge in [-0.3, -0.25) is 4.79 Å². The molecule has 5 unspecified atom stereocenters. The Balaban J connectivity index is 1.82. The molecule has 5 atom stereocenters. The van der Waals surface area contributed by atoms with E-state index in [4.69, 9.17) is 5.73 Å². The number of hydrogen-bond acceptors (Lipinski definition) is 3. The minimum Gasteiger partial charge on any atom is -0.324 e. The second kappa shape index (κ2) is 5.25. The average Bonchev–Trinajstić information content (AvgIpc) is 2.85. The predicted octanol–water partition coefficient (Wildman–Crippen LogP) is 2.86. The molecule has 3 saturated carbocycles. The van der Waals surface area contributed by atoms with Gasteiger partial charge in [-0.1, -0.05) is 12.8 Å². The molecule has 20 heavy (non-hydrogen) atoms. The zero-order valence-corrected chi connectivity index (χ0v) is 12.6. The fourth-order valence-corrected chi connectivity index (χ4v) is 5.44. The minimum absolute atomic E-state index is 0.0632. The molecular weight excluding hydrogens is 250 g/mol. The largest absolute Gasteiger partial charge is 0.324 e. The van der Waals surface area contributed by atoms with Gasteiger partial charge in [0.15, 0.2) is 0 Å². The van der Waals surface area contributed by atoms with Crippen LogP contribution in [0.25, 0.3) is 0 Å². The van der Waals surface area contributed by atoms with Crippen LogP contribution in [0.3, 0.4) is 0 Å². The predicted molar refractivity (Wildman–Crippen MR) is 78.1 cm³/mol. The molecule has 2 N–H and O–H groups in total. The highest BCUT2D eigenvalue weighted by Gasteiger charge is 2.55. The van der Waals surface area contributed by atoms with Gasteiger partial charge >= 0.3 is 0 Å². The molecule has 0 bridgehead atoms. The number of carbonyl (C=O) groups excluding carboxylic acids is 2. The van der Waals surface area contributed by atoms with Crippen LogP contribution in [0.15, 0.2) is 0 Å². The van der Waals surface area contributed by atoms with E-state index in [1.54, 1.807) is 6.92 Å². The highest BCUT2D eigenvalue weighted by molar-refractivity contribution is 5.84. The molecule has 0 heterocycles. The summed E-state index contributed by atoms with van der Waals surface area (Å²) in [5, 5.41) is 0. The maximum absolute atomic E-state index is 12.4. The number of nitrogens with two attached hydrogens (primary N) is 1. The van der Waals surface area contributed by atoms with Gasteiger partial charge < -0.3 is 10.5 Å². The lowest BCUT2D eigenvalue weighted by molar-refractivity contribution is -0.134. The van der Waals surface area contributed by atoms with Crippen molar-refractivity contribution in [2.45, 2.75) is 70.3 Å². The zero-order valence-electron chi connectivity index (χ0n) is 12.6. The zero-order chi connectivity index (χ0) is 14.3. The maximum atomic E-state index is 12.4. The van der Waals surface area contributed by atoms with Gasteiger partial charge in [0.2, 0.25) is 0 Å². The van der Waals surface area contributed by atoms with Gasteiger partial charge in [0.05, 0.1) is 0 Å². The Morgan fingerprint density at radius 2 is 2.10 bits per heavy atom. The Kier molecular flexibility index (Phi) is 3.74. The molecule has 3 fully saturated rings. The molecule has 3 rings (SSSR count). The second-order valence-corrected chi connectivity index (χ2v) is 7.41. The molecule has 0 saturated heterocycles. The van der Waals surface area contributed by atoms with Gasteiger partial charge in [-0.15, -0.1) is 0 Å².